The van der Waals surface area contributed by atoms with Gasteiger partial charge < -0.3 is 5.32 Å². The zero-order valence-electron chi connectivity index (χ0n) is 7.65. The van der Waals surface area contributed by atoms with Gasteiger partial charge in [0.05, 0.1) is 0 Å². The maximum Gasteiger partial charge on any atom is 0.126 e. The van der Waals surface area contributed by atoms with E-state index in [1.165, 1.54) is 0 Å². The van der Waals surface area contributed by atoms with Gasteiger partial charge in [-0.15, -0.1) is 0 Å². The molecule has 2 fully saturated rings. The highest BCUT2D eigenvalue weighted by Gasteiger charge is 2.50. The van der Waals surface area contributed by atoms with E-state index in [0.29, 0.717) is 0 Å². The standard InChI is InChI=1S/C9H17FN2/c1-8(9(10)2-3-9)12-6-4-11-5-7-12/h8,11H,2-7H2,1H3. The summed E-state index contributed by atoms with van der Waals surface area (Å²) in [6.07, 6.45) is 1.55. The van der Waals surface area contributed by atoms with E-state index in [1.807, 2.05) is 6.92 Å². The van der Waals surface area contributed by atoms with Crippen LogP contribution in [0.25, 0.3) is 0 Å². The van der Waals surface area contributed by atoms with Gasteiger partial charge in [-0.2, -0.15) is 0 Å². The summed E-state index contributed by atoms with van der Waals surface area (Å²) in [7, 11) is 0. The van der Waals surface area contributed by atoms with Crippen LogP contribution in [0.15, 0.2) is 0 Å². The van der Waals surface area contributed by atoms with Gasteiger partial charge in [-0.05, 0) is 19.8 Å². The summed E-state index contributed by atoms with van der Waals surface area (Å²) in [5, 5.41) is 3.28. The Morgan fingerprint density at radius 2 is 1.92 bits per heavy atom. The van der Waals surface area contributed by atoms with Crippen molar-refractivity contribution in [3.8, 4) is 0 Å². The number of nitrogens with zero attached hydrogens (tertiary/aromatic N) is 1. The predicted octanol–water partition coefficient (Wildman–Crippen LogP) is 0.782. The van der Waals surface area contributed by atoms with E-state index in [9.17, 15) is 4.39 Å². The van der Waals surface area contributed by atoms with Gasteiger partial charge in [0.25, 0.3) is 0 Å². The Labute approximate surface area is 73.1 Å². The summed E-state index contributed by atoms with van der Waals surface area (Å²) < 4.78 is 13.6. The highest BCUT2D eigenvalue weighted by molar-refractivity contribution is 5.03. The Hall–Kier alpha value is -0.150. The van der Waals surface area contributed by atoms with Crippen LogP contribution >= 0.6 is 0 Å². The van der Waals surface area contributed by atoms with Crippen LogP contribution in [0.2, 0.25) is 0 Å². The van der Waals surface area contributed by atoms with E-state index in [0.717, 1.165) is 39.0 Å². The molecule has 70 valence electrons. The second kappa shape index (κ2) is 2.96. The van der Waals surface area contributed by atoms with Gasteiger partial charge in [-0.25, -0.2) is 4.39 Å². The van der Waals surface area contributed by atoms with Crippen LogP contribution in [0.4, 0.5) is 4.39 Å². The molecule has 1 aliphatic carbocycles. The molecule has 0 bridgehead atoms. The molecular formula is C9H17FN2. The average Bonchev–Trinajstić information content (AvgIpc) is 2.85. The van der Waals surface area contributed by atoms with Crippen molar-refractivity contribution >= 4 is 0 Å². The largest absolute Gasteiger partial charge is 0.314 e. The van der Waals surface area contributed by atoms with Gasteiger partial charge in [-0.1, -0.05) is 0 Å². The number of hydrogen-bond donors (Lipinski definition) is 1. The van der Waals surface area contributed by atoms with Gasteiger partial charge in [0, 0.05) is 32.2 Å². The third kappa shape index (κ3) is 1.48. The summed E-state index contributed by atoms with van der Waals surface area (Å²) in [6, 6.07) is 0.139. The third-order valence-corrected chi connectivity index (χ3v) is 3.18. The number of piperazine rings is 1. The molecule has 3 heteroatoms. The number of nitrogens with one attached hydrogen (secondary N) is 1. The molecule has 1 aliphatic heterocycles. The van der Waals surface area contributed by atoms with E-state index >= 15 is 0 Å². The molecule has 0 radical (unpaired) electrons. The van der Waals surface area contributed by atoms with Crippen LogP contribution in [-0.4, -0.2) is 42.8 Å². The number of alkyl halides is 1. The molecule has 1 atom stereocenters. The molecule has 0 amide bonds. The summed E-state index contributed by atoms with van der Waals surface area (Å²) in [6.45, 7) is 6.07. The molecule has 0 aromatic carbocycles. The Balaban J connectivity index is 1.89. The monoisotopic (exact) mass is 172 g/mol. The molecule has 12 heavy (non-hydrogen) atoms. The van der Waals surface area contributed by atoms with Crippen molar-refractivity contribution in [3.05, 3.63) is 0 Å². The van der Waals surface area contributed by atoms with Crippen molar-refractivity contribution in [2.24, 2.45) is 0 Å². The lowest BCUT2D eigenvalue weighted by molar-refractivity contribution is 0.0949. The van der Waals surface area contributed by atoms with Gasteiger partial charge in [0.1, 0.15) is 5.67 Å². The summed E-state index contributed by atoms with van der Waals surface area (Å²) in [5.41, 5.74) is -0.836. The van der Waals surface area contributed by atoms with E-state index in [-0.39, 0.29) is 6.04 Å². The Morgan fingerprint density at radius 3 is 2.42 bits per heavy atom. The Kier molecular flexibility index (Phi) is 2.09. The van der Waals surface area contributed by atoms with E-state index < -0.39 is 5.67 Å². The molecule has 1 N–H and O–H groups in total. The van der Waals surface area contributed by atoms with Crippen LogP contribution < -0.4 is 5.32 Å². The molecular weight excluding hydrogens is 155 g/mol. The fourth-order valence-electron chi connectivity index (χ4n) is 1.93. The summed E-state index contributed by atoms with van der Waals surface area (Å²) in [4.78, 5) is 2.27. The molecule has 2 aliphatic rings. The van der Waals surface area contributed by atoms with Crippen LogP contribution in [0.1, 0.15) is 19.8 Å². The molecule has 2 nitrogen and oxygen atoms in total. The van der Waals surface area contributed by atoms with Crippen molar-refractivity contribution in [2.45, 2.75) is 31.5 Å². The minimum atomic E-state index is -0.836. The number of halogens is 1. The first-order chi connectivity index (χ1) is 5.72. The first kappa shape index (κ1) is 8.45. The minimum Gasteiger partial charge on any atom is -0.314 e. The van der Waals surface area contributed by atoms with Crippen molar-refractivity contribution in [1.29, 1.82) is 0 Å². The van der Waals surface area contributed by atoms with Crippen molar-refractivity contribution in [2.75, 3.05) is 26.2 Å². The van der Waals surface area contributed by atoms with Crippen LogP contribution in [-0.2, 0) is 0 Å². The zero-order chi connectivity index (χ0) is 8.60. The number of rotatable bonds is 2. The molecule has 1 heterocycles. The van der Waals surface area contributed by atoms with Crippen molar-refractivity contribution < 1.29 is 4.39 Å². The quantitative estimate of drug-likeness (QED) is 0.662. The van der Waals surface area contributed by atoms with E-state index in [2.05, 4.69) is 10.2 Å². The second-order valence-corrected chi connectivity index (χ2v) is 4.00. The smallest absolute Gasteiger partial charge is 0.126 e. The zero-order valence-corrected chi connectivity index (χ0v) is 7.65. The topological polar surface area (TPSA) is 15.3 Å². The normalized spacial score (nSPS) is 31.5. The average molecular weight is 172 g/mol. The predicted molar refractivity (Wildman–Crippen MR) is 47.0 cm³/mol. The maximum atomic E-state index is 13.6. The van der Waals surface area contributed by atoms with Gasteiger partial charge >= 0.3 is 0 Å². The fourth-order valence-corrected chi connectivity index (χ4v) is 1.93. The molecule has 0 aromatic rings. The molecule has 0 aromatic heterocycles. The third-order valence-electron chi connectivity index (χ3n) is 3.18. The molecule has 1 saturated heterocycles. The van der Waals surface area contributed by atoms with Crippen molar-refractivity contribution in [1.82, 2.24) is 10.2 Å². The van der Waals surface area contributed by atoms with Gasteiger partial charge in [-0.3, -0.25) is 4.90 Å². The van der Waals surface area contributed by atoms with E-state index in [1.54, 1.807) is 0 Å². The first-order valence-electron chi connectivity index (χ1n) is 4.86. The summed E-state index contributed by atoms with van der Waals surface area (Å²) in [5.74, 6) is 0. The maximum absolute atomic E-state index is 13.6. The van der Waals surface area contributed by atoms with Gasteiger partial charge in [0.2, 0.25) is 0 Å². The lowest BCUT2D eigenvalue weighted by Gasteiger charge is -2.34. The molecule has 1 unspecified atom stereocenters. The summed E-state index contributed by atoms with van der Waals surface area (Å²) >= 11 is 0. The van der Waals surface area contributed by atoms with Crippen LogP contribution in [0.5, 0.6) is 0 Å². The van der Waals surface area contributed by atoms with Crippen LogP contribution in [0.3, 0.4) is 0 Å². The molecule has 1 saturated carbocycles. The van der Waals surface area contributed by atoms with Crippen LogP contribution in [0, 0.1) is 0 Å². The Bertz CT molecular complexity index is 162. The highest BCUT2D eigenvalue weighted by atomic mass is 19.1. The molecule has 0 spiro atoms. The fraction of sp³-hybridized carbons (Fsp3) is 1.00. The Morgan fingerprint density at radius 1 is 1.33 bits per heavy atom. The second-order valence-electron chi connectivity index (χ2n) is 4.00. The number of hydrogen-bond acceptors (Lipinski definition) is 2. The SMILES string of the molecule is CC(N1CCNCC1)C1(F)CC1. The van der Waals surface area contributed by atoms with Gasteiger partial charge in [0.15, 0.2) is 0 Å². The highest BCUT2D eigenvalue weighted by Crippen LogP contribution is 2.44. The molecule has 2 rings (SSSR count). The first-order valence-corrected chi connectivity index (χ1v) is 4.86. The lowest BCUT2D eigenvalue weighted by atomic mass is 10.1. The van der Waals surface area contributed by atoms with E-state index in [4.69, 9.17) is 0 Å². The van der Waals surface area contributed by atoms with Crippen molar-refractivity contribution in [3.63, 3.8) is 0 Å². The lowest BCUT2D eigenvalue weighted by Crippen LogP contribution is -2.51. The minimum absolute atomic E-state index is 0.139.